The fraction of sp³-hybridized carbons (Fsp3) is 0.750. The first kappa shape index (κ1) is 14.4. The molecule has 0 aromatic rings. The van der Waals surface area contributed by atoms with E-state index < -0.39 is 5.97 Å². The molecule has 78 valence electrons. The van der Waals surface area contributed by atoms with Crippen LogP contribution in [-0.4, -0.2) is 37.1 Å². The molecule has 0 aromatic heterocycles. The molecule has 0 atom stereocenters. The fourth-order valence-corrected chi connectivity index (χ4v) is 0.397. The Bertz CT molecular complexity index is 148. The number of amides is 1. The summed E-state index contributed by atoms with van der Waals surface area (Å²) in [5.41, 5.74) is 0. The van der Waals surface area contributed by atoms with Gasteiger partial charge in [0.2, 0.25) is 5.91 Å². The maximum atomic E-state index is 10.5. The number of hydrogen-bond acceptors (Lipinski definition) is 3. The smallest absolute Gasteiger partial charge is 0.322 e. The molecule has 0 radical (unpaired) electrons. The molecule has 0 spiro atoms. The summed E-state index contributed by atoms with van der Waals surface area (Å²) in [5, 5.41) is 12.9. The highest BCUT2D eigenvalue weighted by Gasteiger charge is 2.00. The topological polar surface area (TPSA) is 78.4 Å². The van der Waals surface area contributed by atoms with Crippen LogP contribution in [0.3, 0.4) is 0 Å². The molecule has 0 fully saturated rings. The van der Waals surface area contributed by atoms with Crippen LogP contribution in [0.4, 0.5) is 0 Å². The lowest BCUT2D eigenvalue weighted by Crippen LogP contribution is -2.35. The molecule has 0 aliphatic heterocycles. The van der Waals surface area contributed by atoms with Gasteiger partial charge in [0.05, 0.1) is 6.54 Å². The zero-order valence-electron chi connectivity index (χ0n) is 8.39. The fourth-order valence-electron chi connectivity index (χ4n) is 0.397. The van der Waals surface area contributed by atoms with Crippen LogP contribution in [0, 0.1) is 0 Å². The monoisotopic (exact) mass is 190 g/mol. The van der Waals surface area contributed by atoms with E-state index in [2.05, 4.69) is 24.5 Å². The lowest BCUT2D eigenvalue weighted by molar-refractivity contribution is -0.137. The normalized spacial score (nSPS) is 8.23. The van der Waals surface area contributed by atoms with E-state index in [-0.39, 0.29) is 19.0 Å². The molecule has 0 bridgehead atoms. The van der Waals surface area contributed by atoms with Gasteiger partial charge in [-0.15, -0.1) is 0 Å². The van der Waals surface area contributed by atoms with Crippen LogP contribution < -0.4 is 10.6 Å². The van der Waals surface area contributed by atoms with E-state index >= 15 is 0 Å². The Balaban J connectivity index is 0. The van der Waals surface area contributed by atoms with Crippen molar-refractivity contribution in [3.8, 4) is 0 Å². The lowest BCUT2D eigenvalue weighted by atomic mass is 10.5. The van der Waals surface area contributed by atoms with Gasteiger partial charge in [0.1, 0.15) is 6.54 Å². The van der Waals surface area contributed by atoms with Crippen LogP contribution in [-0.2, 0) is 9.59 Å². The average Bonchev–Trinajstić information content (AvgIpc) is 2.03. The Hall–Kier alpha value is -1.10. The van der Waals surface area contributed by atoms with Crippen LogP contribution in [0.25, 0.3) is 0 Å². The number of rotatable bonds is 4. The van der Waals surface area contributed by atoms with Gasteiger partial charge in [-0.3, -0.25) is 9.59 Å². The minimum atomic E-state index is -1.04. The summed E-state index contributed by atoms with van der Waals surface area (Å²) in [6.45, 7) is 4.08. The molecule has 0 aliphatic rings. The average molecular weight is 190 g/mol. The number of aliphatic carboxylic acids is 1. The van der Waals surface area contributed by atoms with E-state index in [0.29, 0.717) is 0 Å². The van der Waals surface area contributed by atoms with Crippen molar-refractivity contribution < 1.29 is 14.7 Å². The number of carboxylic acid groups (broad SMARTS) is 1. The van der Waals surface area contributed by atoms with E-state index in [1.165, 1.54) is 6.42 Å². The third-order valence-electron chi connectivity index (χ3n) is 0.774. The van der Waals surface area contributed by atoms with E-state index in [1.807, 2.05) is 0 Å². The predicted octanol–water partition coefficient (Wildman–Crippen LogP) is -0.177. The summed E-state index contributed by atoms with van der Waals surface area (Å²) in [6, 6.07) is 0. The van der Waals surface area contributed by atoms with Crippen molar-refractivity contribution in [1.29, 1.82) is 0 Å². The largest absolute Gasteiger partial charge is 0.480 e. The molecule has 0 saturated heterocycles. The second kappa shape index (κ2) is 10.9. The van der Waals surface area contributed by atoms with E-state index in [1.54, 1.807) is 7.05 Å². The van der Waals surface area contributed by atoms with Gasteiger partial charge < -0.3 is 15.7 Å². The Morgan fingerprint density at radius 2 is 1.69 bits per heavy atom. The molecule has 1 amide bonds. The first-order chi connectivity index (χ1) is 6.08. The molecule has 0 rings (SSSR count). The number of carboxylic acids is 1. The van der Waals surface area contributed by atoms with Crippen LogP contribution in [0.15, 0.2) is 0 Å². The Morgan fingerprint density at radius 1 is 1.23 bits per heavy atom. The first-order valence-electron chi connectivity index (χ1n) is 4.21. The highest BCUT2D eigenvalue weighted by molar-refractivity contribution is 5.82. The van der Waals surface area contributed by atoms with E-state index in [9.17, 15) is 9.59 Å². The van der Waals surface area contributed by atoms with E-state index in [0.717, 1.165) is 0 Å². The number of hydrogen-bond donors (Lipinski definition) is 3. The molecule has 0 saturated carbocycles. The van der Waals surface area contributed by atoms with Crippen molar-refractivity contribution in [1.82, 2.24) is 10.6 Å². The number of carbonyl (C=O) groups excluding carboxylic acids is 1. The second-order valence-electron chi connectivity index (χ2n) is 2.41. The molecule has 5 nitrogen and oxygen atoms in total. The molecule has 0 heterocycles. The maximum absolute atomic E-state index is 10.5. The molecule has 0 aromatic carbocycles. The lowest BCUT2D eigenvalue weighted by Gasteiger charge is -1.99. The predicted molar refractivity (Wildman–Crippen MR) is 50.5 cm³/mol. The van der Waals surface area contributed by atoms with Gasteiger partial charge in [0.15, 0.2) is 0 Å². The molecule has 0 unspecified atom stereocenters. The first-order valence-corrected chi connectivity index (χ1v) is 4.21. The Kier molecular flexibility index (Phi) is 12.1. The third kappa shape index (κ3) is 18.1. The molecular formula is C8H18N2O3. The van der Waals surface area contributed by atoms with Gasteiger partial charge in [-0.2, -0.15) is 0 Å². The van der Waals surface area contributed by atoms with Crippen LogP contribution >= 0.6 is 0 Å². The van der Waals surface area contributed by atoms with Gasteiger partial charge in [-0.05, 0) is 7.05 Å². The van der Waals surface area contributed by atoms with Crippen molar-refractivity contribution in [3.63, 3.8) is 0 Å². The summed E-state index contributed by atoms with van der Waals surface area (Å²) >= 11 is 0. The van der Waals surface area contributed by atoms with Crippen molar-refractivity contribution in [3.05, 3.63) is 0 Å². The summed E-state index contributed by atoms with van der Waals surface area (Å²) in [7, 11) is 1.61. The standard InChI is InChI=1S/C5H10N2O3.C3H8/c1-6-2-4(8)7-3-5(9)10;1-3-2/h6H,2-3H2,1H3,(H,7,8)(H,9,10);3H2,1-2H3. The van der Waals surface area contributed by atoms with Crippen molar-refractivity contribution in [2.75, 3.05) is 20.1 Å². The maximum Gasteiger partial charge on any atom is 0.322 e. The summed E-state index contributed by atoms with van der Waals surface area (Å²) in [5.74, 6) is -1.35. The Morgan fingerprint density at radius 3 is 2.00 bits per heavy atom. The minimum absolute atomic E-state index is 0.146. The molecule has 5 heteroatoms. The molecule has 0 aliphatic carbocycles. The van der Waals surface area contributed by atoms with Crippen molar-refractivity contribution in [2.24, 2.45) is 0 Å². The Labute approximate surface area is 78.5 Å². The van der Waals surface area contributed by atoms with Gasteiger partial charge in [0.25, 0.3) is 0 Å². The number of carbonyl (C=O) groups is 2. The van der Waals surface area contributed by atoms with Crippen LogP contribution in [0.2, 0.25) is 0 Å². The quantitative estimate of drug-likeness (QED) is 0.574. The summed E-state index contributed by atoms with van der Waals surface area (Å²) < 4.78 is 0. The van der Waals surface area contributed by atoms with Crippen LogP contribution in [0.1, 0.15) is 20.3 Å². The molecular weight excluding hydrogens is 172 g/mol. The van der Waals surface area contributed by atoms with Gasteiger partial charge in [0, 0.05) is 0 Å². The van der Waals surface area contributed by atoms with Gasteiger partial charge in [-0.1, -0.05) is 20.3 Å². The van der Waals surface area contributed by atoms with Crippen molar-refractivity contribution in [2.45, 2.75) is 20.3 Å². The molecule has 3 N–H and O–H groups in total. The molecule has 13 heavy (non-hydrogen) atoms. The van der Waals surface area contributed by atoms with Gasteiger partial charge in [-0.25, -0.2) is 0 Å². The van der Waals surface area contributed by atoms with E-state index in [4.69, 9.17) is 5.11 Å². The highest BCUT2D eigenvalue weighted by atomic mass is 16.4. The number of nitrogens with one attached hydrogen (secondary N) is 2. The SMILES string of the molecule is CCC.CNCC(=O)NCC(=O)O. The second-order valence-corrected chi connectivity index (χ2v) is 2.41. The zero-order chi connectivity index (χ0) is 10.7. The third-order valence-corrected chi connectivity index (χ3v) is 0.774. The zero-order valence-corrected chi connectivity index (χ0v) is 8.39. The summed E-state index contributed by atoms with van der Waals surface area (Å²) in [6.07, 6.45) is 1.25. The summed E-state index contributed by atoms with van der Waals surface area (Å²) in [4.78, 5) is 20.4. The minimum Gasteiger partial charge on any atom is -0.480 e. The number of likely N-dealkylation sites (N-methyl/N-ethyl adjacent to an activating group) is 1. The highest BCUT2D eigenvalue weighted by Crippen LogP contribution is 1.62. The van der Waals surface area contributed by atoms with Crippen molar-refractivity contribution >= 4 is 11.9 Å². The van der Waals surface area contributed by atoms with Gasteiger partial charge >= 0.3 is 5.97 Å². The van der Waals surface area contributed by atoms with Crippen LogP contribution in [0.5, 0.6) is 0 Å².